The molecule has 112 valence electrons. The molecule has 0 atom stereocenters. The topological polar surface area (TPSA) is 67.6 Å². The van der Waals surface area contributed by atoms with E-state index in [0.717, 1.165) is 37.4 Å². The first-order valence-electron chi connectivity index (χ1n) is 7.14. The van der Waals surface area contributed by atoms with Crippen LogP contribution in [0.25, 0.3) is 0 Å². The number of carbonyl (C=O) groups is 1. The molecule has 0 saturated heterocycles. The molecule has 2 rings (SSSR count). The van der Waals surface area contributed by atoms with Crippen LogP contribution in [-0.4, -0.2) is 32.1 Å². The molecular formula is C14H23N3O2S. The zero-order valence-electron chi connectivity index (χ0n) is 12.4. The van der Waals surface area contributed by atoms with Gasteiger partial charge in [0, 0.05) is 19.1 Å². The second-order valence-electron chi connectivity index (χ2n) is 5.01. The van der Waals surface area contributed by atoms with E-state index < -0.39 is 0 Å². The second kappa shape index (κ2) is 6.35. The van der Waals surface area contributed by atoms with E-state index in [-0.39, 0.29) is 5.91 Å². The third kappa shape index (κ3) is 3.00. The van der Waals surface area contributed by atoms with Gasteiger partial charge in [-0.2, -0.15) is 0 Å². The van der Waals surface area contributed by atoms with Crippen LogP contribution in [0.15, 0.2) is 0 Å². The van der Waals surface area contributed by atoms with E-state index in [1.165, 1.54) is 11.3 Å². The summed E-state index contributed by atoms with van der Waals surface area (Å²) >= 11 is 1.43. The number of hydrogen-bond donors (Lipinski definition) is 2. The molecule has 0 radical (unpaired) electrons. The quantitative estimate of drug-likeness (QED) is 0.811. The Hall–Kier alpha value is -1.43. The van der Waals surface area contributed by atoms with Crippen LogP contribution in [0.3, 0.4) is 0 Å². The number of nitrogens with one attached hydrogen (secondary N) is 1. The Morgan fingerprint density at radius 3 is 2.70 bits per heavy atom. The molecule has 5 nitrogen and oxygen atoms in total. The van der Waals surface area contributed by atoms with Crippen molar-refractivity contribution in [3.05, 3.63) is 4.88 Å². The number of amides is 1. The van der Waals surface area contributed by atoms with Gasteiger partial charge in [0.15, 0.2) is 5.75 Å². The first-order valence-corrected chi connectivity index (χ1v) is 7.96. The van der Waals surface area contributed by atoms with Gasteiger partial charge >= 0.3 is 0 Å². The highest BCUT2D eigenvalue weighted by molar-refractivity contribution is 7.19. The van der Waals surface area contributed by atoms with Crippen molar-refractivity contribution in [3.63, 3.8) is 0 Å². The Labute approximate surface area is 124 Å². The number of nitrogens with zero attached hydrogens (tertiary/aromatic N) is 1. The van der Waals surface area contributed by atoms with Gasteiger partial charge in [-0.3, -0.25) is 4.79 Å². The van der Waals surface area contributed by atoms with Crippen LogP contribution in [0.5, 0.6) is 5.75 Å². The van der Waals surface area contributed by atoms with Crippen LogP contribution in [0.1, 0.15) is 42.8 Å². The van der Waals surface area contributed by atoms with Gasteiger partial charge in [0.25, 0.3) is 5.91 Å². The van der Waals surface area contributed by atoms with Gasteiger partial charge < -0.3 is 20.7 Å². The Morgan fingerprint density at radius 2 is 2.20 bits per heavy atom. The second-order valence-corrected chi connectivity index (χ2v) is 6.01. The fraction of sp³-hybridized carbons (Fsp3) is 0.643. The number of hydrogen-bond acceptors (Lipinski definition) is 5. The average Bonchev–Trinajstić information content (AvgIpc) is 3.18. The average molecular weight is 297 g/mol. The summed E-state index contributed by atoms with van der Waals surface area (Å²) < 4.78 is 5.42. The summed E-state index contributed by atoms with van der Waals surface area (Å²) in [5.74, 6) is 0.554. The van der Waals surface area contributed by atoms with E-state index in [4.69, 9.17) is 10.5 Å². The molecule has 1 aliphatic carbocycles. The van der Waals surface area contributed by atoms with Crippen molar-refractivity contribution in [3.8, 4) is 5.75 Å². The minimum atomic E-state index is -0.0768. The zero-order valence-corrected chi connectivity index (χ0v) is 13.2. The number of methoxy groups -OCH3 is 1. The molecule has 0 unspecified atom stereocenters. The largest absolute Gasteiger partial charge is 0.492 e. The summed E-state index contributed by atoms with van der Waals surface area (Å²) in [5.41, 5.74) is 6.56. The van der Waals surface area contributed by atoms with Gasteiger partial charge in [-0.05, 0) is 26.2 Å². The van der Waals surface area contributed by atoms with Crippen LogP contribution in [0.4, 0.5) is 10.7 Å². The van der Waals surface area contributed by atoms with E-state index in [2.05, 4.69) is 24.1 Å². The van der Waals surface area contributed by atoms with Gasteiger partial charge in [0.1, 0.15) is 15.6 Å². The maximum absolute atomic E-state index is 12.2. The summed E-state index contributed by atoms with van der Waals surface area (Å²) in [6.07, 6.45) is 3.17. The molecule has 1 amide bonds. The van der Waals surface area contributed by atoms with Crippen molar-refractivity contribution < 1.29 is 9.53 Å². The highest BCUT2D eigenvalue weighted by atomic mass is 32.1. The molecule has 0 aliphatic heterocycles. The third-order valence-corrected chi connectivity index (χ3v) is 4.61. The monoisotopic (exact) mass is 297 g/mol. The minimum absolute atomic E-state index is 0.0768. The highest BCUT2D eigenvalue weighted by Crippen LogP contribution is 2.44. The zero-order chi connectivity index (χ0) is 14.7. The maximum Gasteiger partial charge on any atom is 0.263 e. The number of carbonyl (C=O) groups excluding carboxylic acids is 1. The number of nitrogens with two attached hydrogens (primary N) is 1. The summed E-state index contributed by atoms with van der Waals surface area (Å²) in [5, 5.41) is 3.94. The predicted molar refractivity (Wildman–Crippen MR) is 83.9 cm³/mol. The smallest absolute Gasteiger partial charge is 0.263 e. The number of thiophene rings is 1. The Kier molecular flexibility index (Phi) is 4.75. The lowest BCUT2D eigenvalue weighted by molar-refractivity contribution is 0.0956. The molecule has 1 aromatic rings. The fourth-order valence-corrected chi connectivity index (χ4v) is 3.33. The third-order valence-electron chi connectivity index (χ3n) is 3.37. The van der Waals surface area contributed by atoms with E-state index in [9.17, 15) is 4.79 Å². The molecule has 1 aliphatic rings. The van der Waals surface area contributed by atoms with E-state index in [1.54, 1.807) is 7.11 Å². The Balaban J connectivity index is 2.29. The summed E-state index contributed by atoms with van der Waals surface area (Å²) in [6, 6.07) is 0.330. The molecule has 1 heterocycles. The van der Waals surface area contributed by atoms with Crippen LogP contribution < -0.4 is 20.7 Å². The standard InChI is InChI=1S/C14H23N3O2S/c1-4-8-17(5-2)14-11(19-3)10(15)12(20-14)13(18)16-9-6-7-9/h9H,4-8,15H2,1-3H3,(H,16,18). The summed E-state index contributed by atoms with van der Waals surface area (Å²) in [6.45, 7) is 6.02. The minimum Gasteiger partial charge on any atom is -0.492 e. The summed E-state index contributed by atoms with van der Waals surface area (Å²) in [4.78, 5) is 15.0. The molecule has 0 bridgehead atoms. The van der Waals surface area contributed by atoms with Crippen LogP contribution in [-0.2, 0) is 0 Å². The number of nitrogen functional groups attached to an aromatic ring is 1. The van der Waals surface area contributed by atoms with Gasteiger partial charge in [-0.15, -0.1) is 11.3 Å². The Bertz CT molecular complexity index is 483. The molecular weight excluding hydrogens is 274 g/mol. The summed E-state index contributed by atoms with van der Waals surface area (Å²) in [7, 11) is 1.60. The van der Waals surface area contributed by atoms with Crippen molar-refractivity contribution in [1.29, 1.82) is 0 Å². The van der Waals surface area contributed by atoms with Gasteiger partial charge in [0.05, 0.1) is 7.11 Å². The normalized spacial score (nSPS) is 14.2. The van der Waals surface area contributed by atoms with Crippen LogP contribution >= 0.6 is 11.3 Å². The molecule has 1 aromatic heterocycles. The first kappa shape index (κ1) is 15.0. The molecule has 0 spiro atoms. The van der Waals surface area contributed by atoms with E-state index in [1.807, 2.05) is 0 Å². The van der Waals surface area contributed by atoms with Crippen LogP contribution in [0.2, 0.25) is 0 Å². The molecule has 0 aromatic carbocycles. The lowest BCUT2D eigenvalue weighted by Crippen LogP contribution is -2.25. The van der Waals surface area contributed by atoms with Gasteiger partial charge in [-0.25, -0.2) is 0 Å². The van der Waals surface area contributed by atoms with Crippen molar-refractivity contribution in [1.82, 2.24) is 5.32 Å². The molecule has 1 saturated carbocycles. The van der Waals surface area contributed by atoms with Crippen molar-refractivity contribution >= 4 is 27.9 Å². The molecule has 20 heavy (non-hydrogen) atoms. The maximum atomic E-state index is 12.2. The number of anilines is 2. The van der Waals surface area contributed by atoms with Gasteiger partial charge in [0.2, 0.25) is 0 Å². The molecule has 6 heteroatoms. The van der Waals surface area contributed by atoms with Crippen molar-refractivity contribution in [2.75, 3.05) is 30.8 Å². The van der Waals surface area contributed by atoms with E-state index in [0.29, 0.717) is 22.4 Å². The highest BCUT2D eigenvalue weighted by Gasteiger charge is 2.29. The lowest BCUT2D eigenvalue weighted by Gasteiger charge is -2.21. The number of ether oxygens (including phenoxy) is 1. The molecule has 1 fully saturated rings. The Morgan fingerprint density at radius 1 is 1.50 bits per heavy atom. The lowest BCUT2D eigenvalue weighted by atomic mass is 10.3. The first-order chi connectivity index (χ1) is 9.62. The van der Waals surface area contributed by atoms with E-state index >= 15 is 0 Å². The SMILES string of the molecule is CCCN(CC)c1sc(C(=O)NC2CC2)c(N)c1OC. The van der Waals surface area contributed by atoms with Gasteiger partial charge in [-0.1, -0.05) is 6.92 Å². The predicted octanol–water partition coefficient (Wildman–Crippen LogP) is 2.47. The van der Waals surface area contributed by atoms with Crippen molar-refractivity contribution in [2.45, 2.75) is 39.2 Å². The van der Waals surface area contributed by atoms with Crippen molar-refractivity contribution in [2.24, 2.45) is 0 Å². The van der Waals surface area contributed by atoms with Crippen LogP contribution in [0, 0.1) is 0 Å². The molecule has 3 N–H and O–H groups in total. The number of rotatable bonds is 7. The fourth-order valence-electron chi connectivity index (χ4n) is 2.14.